The zero-order valence-corrected chi connectivity index (χ0v) is 14.0. The van der Waals surface area contributed by atoms with Gasteiger partial charge in [-0.3, -0.25) is 0 Å². The molecule has 1 aromatic carbocycles. The van der Waals surface area contributed by atoms with E-state index in [1.54, 1.807) is 0 Å². The summed E-state index contributed by atoms with van der Waals surface area (Å²) in [6, 6.07) is 7.97. The molecule has 1 saturated carbocycles. The standard InChI is InChI=1S/C18H28ClNO/c1-3-13-8-5-6-11-17(13)21-18(16(20)4-2)14-9-7-10-15(19)12-14/h7,9-10,12-13,16-18H,3-6,8,11,20H2,1-2H3. The summed E-state index contributed by atoms with van der Waals surface area (Å²) in [5, 5.41) is 0.750. The van der Waals surface area contributed by atoms with Gasteiger partial charge in [0.25, 0.3) is 0 Å². The van der Waals surface area contributed by atoms with E-state index in [1.165, 1.54) is 25.7 Å². The maximum Gasteiger partial charge on any atom is 0.0979 e. The molecule has 118 valence electrons. The van der Waals surface area contributed by atoms with E-state index in [0.29, 0.717) is 12.0 Å². The van der Waals surface area contributed by atoms with Crippen molar-refractivity contribution < 1.29 is 4.74 Å². The summed E-state index contributed by atoms with van der Waals surface area (Å²) in [4.78, 5) is 0. The molecule has 4 unspecified atom stereocenters. The molecule has 1 fully saturated rings. The van der Waals surface area contributed by atoms with Crippen molar-refractivity contribution in [1.82, 2.24) is 0 Å². The lowest BCUT2D eigenvalue weighted by molar-refractivity contribution is -0.0725. The largest absolute Gasteiger partial charge is 0.368 e. The van der Waals surface area contributed by atoms with Crippen molar-refractivity contribution in [3.63, 3.8) is 0 Å². The van der Waals surface area contributed by atoms with E-state index in [4.69, 9.17) is 22.1 Å². The number of halogens is 1. The topological polar surface area (TPSA) is 35.2 Å². The van der Waals surface area contributed by atoms with Gasteiger partial charge in [0.2, 0.25) is 0 Å². The van der Waals surface area contributed by atoms with Crippen molar-refractivity contribution in [2.75, 3.05) is 0 Å². The summed E-state index contributed by atoms with van der Waals surface area (Å²) < 4.78 is 6.51. The molecular weight excluding hydrogens is 282 g/mol. The van der Waals surface area contributed by atoms with Gasteiger partial charge in [0.05, 0.1) is 12.2 Å². The van der Waals surface area contributed by atoms with Gasteiger partial charge in [-0.1, -0.05) is 56.8 Å². The van der Waals surface area contributed by atoms with Gasteiger partial charge in [-0.2, -0.15) is 0 Å². The maximum absolute atomic E-state index is 6.51. The lowest BCUT2D eigenvalue weighted by Crippen LogP contribution is -2.36. The minimum atomic E-state index is -0.0501. The molecule has 0 saturated heterocycles. The third-order valence-corrected chi connectivity index (χ3v) is 4.96. The minimum absolute atomic E-state index is 0.0166. The summed E-state index contributed by atoms with van der Waals surface area (Å²) in [7, 11) is 0. The van der Waals surface area contributed by atoms with E-state index < -0.39 is 0 Å². The minimum Gasteiger partial charge on any atom is -0.368 e. The molecule has 0 heterocycles. The van der Waals surface area contributed by atoms with Gasteiger partial charge in [-0.15, -0.1) is 0 Å². The van der Waals surface area contributed by atoms with E-state index in [2.05, 4.69) is 19.9 Å². The Labute approximate surface area is 134 Å². The summed E-state index contributed by atoms with van der Waals surface area (Å²) >= 11 is 6.14. The van der Waals surface area contributed by atoms with Crippen molar-refractivity contribution in [3.05, 3.63) is 34.9 Å². The highest BCUT2D eigenvalue weighted by Gasteiger charge is 2.29. The molecule has 1 aromatic rings. The number of rotatable bonds is 6. The Hall–Kier alpha value is -0.570. The monoisotopic (exact) mass is 309 g/mol. The average Bonchev–Trinajstić information content (AvgIpc) is 2.52. The van der Waals surface area contributed by atoms with Crippen LogP contribution in [0.2, 0.25) is 5.02 Å². The van der Waals surface area contributed by atoms with Crippen LogP contribution in [0, 0.1) is 5.92 Å². The van der Waals surface area contributed by atoms with Crippen molar-refractivity contribution in [2.24, 2.45) is 11.7 Å². The normalized spacial score (nSPS) is 25.5. The fourth-order valence-corrected chi connectivity index (χ4v) is 3.53. The summed E-state index contributed by atoms with van der Waals surface area (Å²) in [6.45, 7) is 4.38. The second kappa shape index (κ2) is 8.17. The average molecular weight is 310 g/mol. The van der Waals surface area contributed by atoms with Crippen molar-refractivity contribution >= 4 is 11.6 Å². The van der Waals surface area contributed by atoms with Gasteiger partial charge in [-0.05, 0) is 42.9 Å². The van der Waals surface area contributed by atoms with Crippen LogP contribution in [0.3, 0.4) is 0 Å². The first-order chi connectivity index (χ1) is 10.2. The molecule has 0 spiro atoms. The number of hydrogen-bond donors (Lipinski definition) is 1. The van der Waals surface area contributed by atoms with Gasteiger partial charge in [0.1, 0.15) is 0 Å². The molecule has 0 amide bonds. The third-order valence-electron chi connectivity index (χ3n) is 4.72. The molecule has 2 rings (SSSR count). The van der Waals surface area contributed by atoms with Gasteiger partial charge in [0, 0.05) is 11.1 Å². The van der Waals surface area contributed by atoms with Crippen molar-refractivity contribution in [3.8, 4) is 0 Å². The molecule has 0 radical (unpaired) electrons. The Morgan fingerprint density at radius 3 is 2.71 bits per heavy atom. The second-order valence-electron chi connectivity index (χ2n) is 6.18. The smallest absolute Gasteiger partial charge is 0.0979 e. The molecule has 1 aliphatic rings. The first kappa shape index (κ1) is 16.8. The van der Waals surface area contributed by atoms with E-state index in [9.17, 15) is 0 Å². The fraction of sp³-hybridized carbons (Fsp3) is 0.667. The number of benzene rings is 1. The van der Waals surface area contributed by atoms with Crippen LogP contribution >= 0.6 is 11.6 Å². The van der Waals surface area contributed by atoms with Crippen LogP contribution in [0.15, 0.2) is 24.3 Å². The number of hydrogen-bond acceptors (Lipinski definition) is 2. The summed E-state index contributed by atoms with van der Waals surface area (Å²) in [6.07, 6.45) is 7.42. The molecule has 1 aliphatic carbocycles. The van der Waals surface area contributed by atoms with Gasteiger partial charge < -0.3 is 10.5 Å². The summed E-state index contributed by atoms with van der Waals surface area (Å²) in [5.41, 5.74) is 7.44. The zero-order valence-electron chi connectivity index (χ0n) is 13.2. The van der Waals surface area contributed by atoms with Crippen molar-refractivity contribution in [1.29, 1.82) is 0 Å². The number of nitrogens with two attached hydrogens (primary N) is 1. The summed E-state index contributed by atoms with van der Waals surface area (Å²) in [5.74, 6) is 0.671. The highest BCUT2D eigenvalue weighted by atomic mass is 35.5. The molecule has 0 bridgehead atoms. The third kappa shape index (κ3) is 4.45. The van der Waals surface area contributed by atoms with Crippen LogP contribution < -0.4 is 5.73 Å². The first-order valence-electron chi connectivity index (χ1n) is 8.32. The molecule has 0 aliphatic heterocycles. The SMILES string of the molecule is CCC(N)C(OC1CCCCC1CC)c1cccc(Cl)c1. The van der Waals surface area contributed by atoms with Gasteiger partial charge in [-0.25, -0.2) is 0 Å². The Balaban J connectivity index is 2.16. The van der Waals surface area contributed by atoms with Crippen LogP contribution in [0.25, 0.3) is 0 Å². The lowest BCUT2D eigenvalue weighted by Gasteiger charge is -2.36. The van der Waals surface area contributed by atoms with E-state index in [-0.39, 0.29) is 12.1 Å². The highest BCUT2D eigenvalue weighted by molar-refractivity contribution is 6.30. The highest BCUT2D eigenvalue weighted by Crippen LogP contribution is 2.34. The Morgan fingerprint density at radius 2 is 2.05 bits per heavy atom. The predicted octanol–water partition coefficient (Wildman–Crippen LogP) is 5.10. The number of ether oxygens (including phenoxy) is 1. The van der Waals surface area contributed by atoms with Gasteiger partial charge in [0.15, 0.2) is 0 Å². The van der Waals surface area contributed by atoms with Gasteiger partial charge >= 0.3 is 0 Å². The molecule has 0 aromatic heterocycles. The van der Waals surface area contributed by atoms with Crippen LogP contribution in [0.5, 0.6) is 0 Å². The zero-order chi connectivity index (χ0) is 15.2. The Kier molecular flexibility index (Phi) is 6.53. The Morgan fingerprint density at radius 1 is 1.29 bits per heavy atom. The molecule has 21 heavy (non-hydrogen) atoms. The predicted molar refractivity (Wildman–Crippen MR) is 89.6 cm³/mol. The molecule has 4 atom stereocenters. The first-order valence-corrected chi connectivity index (χ1v) is 8.70. The van der Waals surface area contributed by atoms with Crippen LogP contribution in [0.4, 0.5) is 0 Å². The molecule has 2 N–H and O–H groups in total. The maximum atomic E-state index is 6.51. The van der Waals surface area contributed by atoms with Crippen molar-refractivity contribution in [2.45, 2.75) is 70.6 Å². The van der Waals surface area contributed by atoms with Crippen LogP contribution in [-0.2, 0) is 4.74 Å². The van der Waals surface area contributed by atoms with Crippen LogP contribution in [-0.4, -0.2) is 12.1 Å². The molecule has 3 heteroatoms. The fourth-order valence-electron chi connectivity index (χ4n) is 3.33. The molecule has 2 nitrogen and oxygen atoms in total. The van der Waals surface area contributed by atoms with E-state index >= 15 is 0 Å². The molecular formula is C18H28ClNO. The quantitative estimate of drug-likeness (QED) is 0.793. The lowest BCUT2D eigenvalue weighted by atomic mass is 9.84. The van der Waals surface area contributed by atoms with E-state index in [0.717, 1.165) is 23.4 Å². The van der Waals surface area contributed by atoms with E-state index in [1.807, 2.05) is 18.2 Å². The second-order valence-corrected chi connectivity index (χ2v) is 6.61. The van der Waals surface area contributed by atoms with Crippen LogP contribution in [0.1, 0.15) is 64.0 Å². The Bertz CT molecular complexity index is 437.